The number of aryl methyl sites for hydroxylation is 2. The topological polar surface area (TPSA) is 106 Å². The molecule has 8 heteroatoms. The molecule has 0 aliphatic rings. The number of aliphatic hydroxyl groups excluding tert-OH is 1. The van der Waals surface area contributed by atoms with E-state index in [1.54, 1.807) is 12.1 Å². The summed E-state index contributed by atoms with van der Waals surface area (Å²) in [6.07, 6.45) is 1.89. The van der Waals surface area contributed by atoms with Crippen molar-refractivity contribution in [3.63, 3.8) is 0 Å². The van der Waals surface area contributed by atoms with Crippen LogP contribution >= 0.6 is 0 Å². The van der Waals surface area contributed by atoms with Crippen molar-refractivity contribution in [3.8, 4) is 11.1 Å². The van der Waals surface area contributed by atoms with Crippen molar-refractivity contribution in [1.29, 1.82) is 0 Å². The first-order chi connectivity index (χ1) is 14.3. The van der Waals surface area contributed by atoms with Gasteiger partial charge in [-0.15, -0.1) is 0 Å². The van der Waals surface area contributed by atoms with Crippen molar-refractivity contribution in [2.45, 2.75) is 13.0 Å². The number of nitrogen functional groups attached to an aromatic ring is 1. The van der Waals surface area contributed by atoms with Crippen LogP contribution in [0.1, 0.15) is 17.2 Å². The van der Waals surface area contributed by atoms with Crippen LogP contribution in [0.3, 0.4) is 0 Å². The third kappa shape index (κ3) is 3.48. The van der Waals surface area contributed by atoms with E-state index in [9.17, 15) is 14.3 Å². The molecule has 1 amide bonds. The zero-order valence-electron chi connectivity index (χ0n) is 16.4. The maximum Gasteiger partial charge on any atom is 0.257 e. The van der Waals surface area contributed by atoms with Gasteiger partial charge in [-0.3, -0.25) is 4.79 Å². The Kier molecular flexibility index (Phi) is 4.93. The fourth-order valence-electron chi connectivity index (χ4n) is 3.52. The third-order valence-electron chi connectivity index (χ3n) is 4.98. The minimum absolute atomic E-state index is 0.187. The van der Waals surface area contributed by atoms with Crippen LogP contribution in [-0.4, -0.2) is 25.5 Å². The molecule has 4 N–H and O–H groups in total. The van der Waals surface area contributed by atoms with Crippen LogP contribution in [0.2, 0.25) is 0 Å². The second-order valence-corrected chi connectivity index (χ2v) is 7.09. The predicted molar refractivity (Wildman–Crippen MR) is 113 cm³/mol. The smallest absolute Gasteiger partial charge is 0.257 e. The number of aromatic nitrogens is 3. The van der Waals surface area contributed by atoms with Gasteiger partial charge in [-0.1, -0.05) is 18.2 Å². The first-order valence-electron chi connectivity index (χ1n) is 9.26. The van der Waals surface area contributed by atoms with E-state index in [0.29, 0.717) is 11.5 Å². The number of nitrogens with two attached hydrogens (primary N) is 1. The minimum Gasteiger partial charge on any atom is -0.383 e. The lowest BCUT2D eigenvalue weighted by Gasteiger charge is -2.13. The van der Waals surface area contributed by atoms with Gasteiger partial charge < -0.3 is 20.7 Å². The zero-order valence-corrected chi connectivity index (χ0v) is 16.4. The summed E-state index contributed by atoms with van der Waals surface area (Å²) >= 11 is 0. The van der Waals surface area contributed by atoms with E-state index in [4.69, 9.17) is 5.73 Å². The molecule has 0 aliphatic carbocycles. The van der Waals surface area contributed by atoms with Crippen LogP contribution in [-0.2, 0) is 11.8 Å². The average molecular weight is 405 g/mol. The third-order valence-corrected chi connectivity index (χ3v) is 4.98. The molecule has 0 aliphatic heterocycles. The Morgan fingerprint density at radius 3 is 2.73 bits per heavy atom. The van der Waals surface area contributed by atoms with Crippen molar-refractivity contribution >= 4 is 28.4 Å². The van der Waals surface area contributed by atoms with Crippen LogP contribution in [0.5, 0.6) is 0 Å². The molecule has 0 spiro atoms. The van der Waals surface area contributed by atoms with Gasteiger partial charge in [0, 0.05) is 24.5 Å². The molecule has 7 nitrogen and oxygen atoms in total. The summed E-state index contributed by atoms with van der Waals surface area (Å²) in [5, 5.41) is 13.7. The lowest BCUT2D eigenvalue weighted by atomic mass is 10.00. The minimum atomic E-state index is -1.48. The highest BCUT2D eigenvalue weighted by Crippen LogP contribution is 2.35. The van der Waals surface area contributed by atoms with Crippen LogP contribution in [0.4, 0.5) is 15.9 Å². The largest absolute Gasteiger partial charge is 0.383 e. The number of anilines is 2. The van der Waals surface area contributed by atoms with Gasteiger partial charge in [-0.25, -0.2) is 14.4 Å². The number of hydrogen-bond donors (Lipinski definition) is 3. The maximum absolute atomic E-state index is 13.4. The van der Waals surface area contributed by atoms with Crippen molar-refractivity contribution < 1.29 is 14.3 Å². The Labute approximate surface area is 172 Å². The summed E-state index contributed by atoms with van der Waals surface area (Å²) in [7, 11) is 1.88. The van der Waals surface area contributed by atoms with Gasteiger partial charge in [0.05, 0.1) is 5.39 Å². The number of benzene rings is 2. The number of hydrogen-bond acceptors (Lipinski definition) is 5. The van der Waals surface area contributed by atoms with E-state index in [-0.39, 0.29) is 5.56 Å². The fraction of sp³-hybridized carbons (Fsp3) is 0.136. The molecule has 0 radical (unpaired) electrons. The molecule has 2 heterocycles. The van der Waals surface area contributed by atoms with E-state index in [0.717, 1.165) is 33.8 Å². The molecule has 30 heavy (non-hydrogen) atoms. The lowest BCUT2D eigenvalue weighted by Crippen LogP contribution is -2.21. The van der Waals surface area contributed by atoms with Crippen LogP contribution in [0.15, 0.2) is 55.0 Å². The zero-order chi connectivity index (χ0) is 21.4. The van der Waals surface area contributed by atoms with Gasteiger partial charge in [0.15, 0.2) is 6.10 Å². The van der Waals surface area contributed by atoms with Crippen molar-refractivity contribution in [3.05, 3.63) is 71.9 Å². The van der Waals surface area contributed by atoms with Crippen LogP contribution < -0.4 is 11.1 Å². The Bertz CT molecular complexity index is 1270. The van der Waals surface area contributed by atoms with Crippen molar-refractivity contribution in [2.24, 2.45) is 7.05 Å². The molecular formula is C22H20FN5O2. The Balaban J connectivity index is 1.62. The molecule has 4 aromatic rings. The number of fused-ring (bicyclic) bond motifs is 1. The quantitative estimate of drug-likeness (QED) is 0.483. The van der Waals surface area contributed by atoms with E-state index in [1.165, 1.54) is 24.5 Å². The van der Waals surface area contributed by atoms with Gasteiger partial charge >= 0.3 is 0 Å². The van der Waals surface area contributed by atoms with Crippen LogP contribution in [0.25, 0.3) is 22.2 Å². The summed E-state index contributed by atoms with van der Waals surface area (Å²) in [6.45, 7) is 1.91. The van der Waals surface area contributed by atoms with Gasteiger partial charge in [0.2, 0.25) is 0 Å². The van der Waals surface area contributed by atoms with E-state index in [1.807, 2.05) is 30.8 Å². The monoisotopic (exact) mass is 405 g/mol. The number of carbonyl (C=O) groups is 1. The molecule has 4 rings (SSSR count). The number of carbonyl (C=O) groups excluding carboxylic acids is 1. The summed E-state index contributed by atoms with van der Waals surface area (Å²) < 4.78 is 15.2. The summed E-state index contributed by atoms with van der Waals surface area (Å²) in [5.74, 6) is -0.765. The van der Waals surface area contributed by atoms with Crippen molar-refractivity contribution in [1.82, 2.24) is 14.5 Å². The molecule has 2 aromatic heterocycles. The second-order valence-electron chi connectivity index (χ2n) is 7.09. The summed E-state index contributed by atoms with van der Waals surface area (Å²) in [4.78, 5) is 20.8. The predicted octanol–water partition coefficient (Wildman–Crippen LogP) is 3.34. The van der Waals surface area contributed by atoms with E-state index in [2.05, 4.69) is 15.3 Å². The number of rotatable bonds is 4. The molecule has 2 aromatic carbocycles. The fourth-order valence-corrected chi connectivity index (χ4v) is 3.52. The molecular weight excluding hydrogens is 385 g/mol. The number of halogens is 1. The van der Waals surface area contributed by atoms with Crippen LogP contribution in [0, 0.1) is 12.7 Å². The number of amides is 1. The SMILES string of the molecule is Cc1cc(NC(=O)[C@H](O)c2cccc(F)c2)ccc1-c1cn(C)c2ncnc(N)c12. The summed E-state index contributed by atoms with van der Waals surface area (Å²) in [6, 6.07) is 10.7. The number of aliphatic hydroxyl groups is 1. The highest BCUT2D eigenvalue weighted by atomic mass is 19.1. The molecule has 0 fully saturated rings. The van der Waals surface area contributed by atoms with Crippen molar-refractivity contribution in [2.75, 3.05) is 11.1 Å². The normalized spacial score (nSPS) is 12.1. The molecule has 152 valence electrons. The first kappa shape index (κ1) is 19.5. The molecule has 0 unspecified atom stereocenters. The Hall–Kier alpha value is -3.78. The molecule has 0 bridgehead atoms. The van der Waals surface area contributed by atoms with Gasteiger partial charge in [0.25, 0.3) is 5.91 Å². The average Bonchev–Trinajstić information content (AvgIpc) is 3.05. The van der Waals surface area contributed by atoms with Gasteiger partial charge in [-0.05, 0) is 47.9 Å². The Morgan fingerprint density at radius 2 is 2.00 bits per heavy atom. The molecule has 0 saturated carbocycles. The molecule has 0 saturated heterocycles. The number of nitrogens with zero attached hydrogens (tertiary/aromatic N) is 3. The summed E-state index contributed by atoms with van der Waals surface area (Å²) in [5.41, 5.74) is 10.2. The van der Waals surface area contributed by atoms with E-state index < -0.39 is 17.8 Å². The van der Waals surface area contributed by atoms with Gasteiger partial charge in [-0.2, -0.15) is 0 Å². The second kappa shape index (κ2) is 7.57. The first-order valence-corrected chi connectivity index (χ1v) is 9.26. The lowest BCUT2D eigenvalue weighted by molar-refractivity contribution is -0.124. The highest BCUT2D eigenvalue weighted by Gasteiger charge is 2.19. The number of nitrogens with one attached hydrogen (secondary N) is 1. The van der Waals surface area contributed by atoms with Gasteiger partial charge in [0.1, 0.15) is 23.6 Å². The maximum atomic E-state index is 13.4. The highest BCUT2D eigenvalue weighted by molar-refractivity contribution is 6.01. The standard InChI is InChI=1S/C22H20FN5O2/c1-12-8-15(27-22(30)19(29)13-4-3-5-14(23)9-13)6-7-16(12)17-10-28(2)21-18(17)20(24)25-11-26-21/h3-11,19,29H,1-2H3,(H,27,30)(H2,24,25,26)/t19-/m1/s1. The van der Waals surface area contributed by atoms with E-state index >= 15 is 0 Å². The Morgan fingerprint density at radius 1 is 1.20 bits per heavy atom. The molecule has 1 atom stereocenters.